The zero-order chi connectivity index (χ0) is 27.0. The van der Waals surface area contributed by atoms with E-state index in [0.717, 1.165) is 6.42 Å². The van der Waals surface area contributed by atoms with Gasteiger partial charge in [0.15, 0.2) is 0 Å². The minimum absolute atomic E-state index is 0.0920. The van der Waals surface area contributed by atoms with E-state index in [0.29, 0.717) is 51.6 Å². The van der Waals surface area contributed by atoms with E-state index in [4.69, 9.17) is 17.2 Å². The lowest BCUT2D eigenvalue weighted by Gasteiger charge is -2.28. The first kappa shape index (κ1) is 32.8. The van der Waals surface area contributed by atoms with E-state index in [9.17, 15) is 24.3 Å². The maximum absolute atomic E-state index is 13.2. The largest absolute Gasteiger partial charge is 0.480 e. The molecule has 0 aliphatic heterocycles. The fraction of sp³-hybridized carbons (Fsp3) is 0.833. The van der Waals surface area contributed by atoms with Crippen molar-refractivity contribution in [2.24, 2.45) is 29.0 Å². The minimum Gasteiger partial charge on any atom is -0.480 e. The molecule has 11 heteroatoms. The van der Waals surface area contributed by atoms with Gasteiger partial charge in [0.2, 0.25) is 17.7 Å². The van der Waals surface area contributed by atoms with Gasteiger partial charge in [-0.15, -0.1) is 0 Å². The summed E-state index contributed by atoms with van der Waals surface area (Å²) in [7, 11) is 0. The summed E-state index contributed by atoms with van der Waals surface area (Å²) in [6.45, 7) is 8.47. The number of rotatable bonds is 19. The van der Waals surface area contributed by atoms with Crippen molar-refractivity contribution in [2.75, 3.05) is 13.1 Å². The molecule has 0 heterocycles. The molecule has 0 spiro atoms. The van der Waals surface area contributed by atoms with Gasteiger partial charge in [0.25, 0.3) is 0 Å². The second kappa shape index (κ2) is 18.1. The van der Waals surface area contributed by atoms with Crippen LogP contribution in [0.5, 0.6) is 0 Å². The van der Waals surface area contributed by atoms with Crippen molar-refractivity contribution in [3.05, 3.63) is 0 Å². The molecule has 3 amide bonds. The Morgan fingerprint density at radius 3 is 1.80 bits per heavy atom. The summed E-state index contributed by atoms with van der Waals surface area (Å²) in [5, 5.41) is 17.5. The molecule has 204 valence electrons. The third-order valence-corrected chi connectivity index (χ3v) is 6.00. The molecule has 10 N–H and O–H groups in total. The first-order chi connectivity index (χ1) is 16.5. The lowest BCUT2D eigenvalue weighted by atomic mass is 9.96. The quantitative estimate of drug-likeness (QED) is 0.122. The van der Waals surface area contributed by atoms with E-state index in [-0.39, 0.29) is 18.3 Å². The highest BCUT2D eigenvalue weighted by Gasteiger charge is 2.32. The molecule has 0 aliphatic carbocycles. The van der Waals surface area contributed by atoms with Gasteiger partial charge in [-0.2, -0.15) is 0 Å². The van der Waals surface area contributed by atoms with E-state index < -0.39 is 47.9 Å². The summed E-state index contributed by atoms with van der Waals surface area (Å²) < 4.78 is 0. The van der Waals surface area contributed by atoms with E-state index >= 15 is 0 Å². The molecular formula is C24H48N6O5. The van der Waals surface area contributed by atoms with Crippen molar-refractivity contribution < 1.29 is 24.3 Å². The van der Waals surface area contributed by atoms with Gasteiger partial charge in [-0.25, -0.2) is 4.79 Å². The van der Waals surface area contributed by atoms with Crippen molar-refractivity contribution in [1.82, 2.24) is 16.0 Å². The number of aliphatic carboxylic acids is 1. The van der Waals surface area contributed by atoms with Gasteiger partial charge in [-0.1, -0.05) is 40.5 Å². The molecule has 0 aromatic carbocycles. The Hall–Kier alpha value is -2.24. The lowest BCUT2D eigenvalue weighted by molar-refractivity contribution is -0.143. The fourth-order valence-electron chi connectivity index (χ4n) is 3.59. The number of carboxylic acid groups (broad SMARTS) is 1. The van der Waals surface area contributed by atoms with Crippen LogP contribution in [0.3, 0.4) is 0 Å². The molecule has 0 bridgehead atoms. The maximum atomic E-state index is 13.2. The van der Waals surface area contributed by atoms with Crippen LogP contribution in [0.1, 0.15) is 79.1 Å². The highest BCUT2D eigenvalue weighted by Crippen LogP contribution is 2.12. The highest BCUT2D eigenvalue weighted by atomic mass is 16.4. The number of carbonyl (C=O) groups is 4. The van der Waals surface area contributed by atoms with Gasteiger partial charge in [0.1, 0.15) is 18.1 Å². The molecule has 0 rings (SSSR count). The number of amides is 3. The topological polar surface area (TPSA) is 203 Å². The van der Waals surface area contributed by atoms with Crippen molar-refractivity contribution >= 4 is 23.7 Å². The zero-order valence-electron chi connectivity index (χ0n) is 21.8. The van der Waals surface area contributed by atoms with Crippen LogP contribution in [0.15, 0.2) is 0 Å². The average molecular weight is 501 g/mol. The van der Waals surface area contributed by atoms with Crippen LogP contribution < -0.4 is 33.2 Å². The van der Waals surface area contributed by atoms with E-state index in [1.807, 2.05) is 20.8 Å². The van der Waals surface area contributed by atoms with Crippen molar-refractivity contribution in [3.63, 3.8) is 0 Å². The second-order valence-corrected chi connectivity index (χ2v) is 9.64. The molecule has 5 atom stereocenters. The van der Waals surface area contributed by atoms with Crippen molar-refractivity contribution in [2.45, 2.75) is 103 Å². The molecule has 0 aliphatic rings. The summed E-state index contributed by atoms with van der Waals surface area (Å²) in [4.78, 5) is 50.4. The molecule has 0 saturated heterocycles. The van der Waals surface area contributed by atoms with E-state index in [2.05, 4.69) is 16.0 Å². The molecule has 5 unspecified atom stereocenters. The van der Waals surface area contributed by atoms with E-state index in [1.54, 1.807) is 6.92 Å². The normalized spacial score (nSPS) is 15.5. The Labute approximate surface area is 209 Å². The monoisotopic (exact) mass is 500 g/mol. The fourth-order valence-corrected chi connectivity index (χ4v) is 3.59. The highest BCUT2D eigenvalue weighted by molar-refractivity contribution is 5.94. The maximum Gasteiger partial charge on any atom is 0.326 e. The van der Waals surface area contributed by atoms with Crippen LogP contribution in [0, 0.1) is 11.8 Å². The second-order valence-electron chi connectivity index (χ2n) is 9.64. The summed E-state index contributed by atoms with van der Waals surface area (Å²) >= 11 is 0. The predicted molar refractivity (Wildman–Crippen MR) is 136 cm³/mol. The molecule has 0 fully saturated rings. The first-order valence-electron chi connectivity index (χ1n) is 12.8. The van der Waals surface area contributed by atoms with Crippen LogP contribution in [0.2, 0.25) is 0 Å². The number of nitrogens with two attached hydrogens (primary N) is 3. The molecule has 0 radical (unpaired) electrons. The number of nitrogens with one attached hydrogen (secondary N) is 3. The SMILES string of the molecule is CCC(C)C(NC(=O)C(CC(C)C)NC(=O)C(N)CCCCN)C(=O)NC(CCCCN)C(=O)O. The third-order valence-electron chi connectivity index (χ3n) is 6.00. The first-order valence-corrected chi connectivity index (χ1v) is 12.8. The smallest absolute Gasteiger partial charge is 0.326 e. The summed E-state index contributed by atoms with van der Waals surface area (Å²) in [6, 6.07) is -3.66. The molecule has 11 nitrogen and oxygen atoms in total. The van der Waals surface area contributed by atoms with E-state index in [1.165, 1.54) is 0 Å². The third kappa shape index (κ3) is 13.4. The Bertz CT molecular complexity index is 660. The number of hydrogen-bond acceptors (Lipinski definition) is 7. The standard InChI is InChI=1S/C24H48N6O5/c1-5-16(4)20(23(33)28-18(24(34)35)11-7-9-13-26)30-22(32)19(14-15(2)3)29-21(31)17(27)10-6-8-12-25/h15-20H,5-14,25-27H2,1-4H3,(H,28,33)(H,29,31)(H,30,32)(H,34,35). The minimum atomic E-state index is -1.14. The number of unbranched alkanes of at least 4 members (excludes halogenated alkanes) is 2. The Kier molecular flexibility index (Phi) is 16.9. The Balaban J connectivity index is 5.43. The Morgan fingerprint density at radius 2 is 1.31 bits per heavy atom. The number of hydrogen-bond donors (Lipinski definition) is 7. The molecule has 0 saturated carbocycles. The van der Waals surface area contributed by atoms with Crippen LogP contribution in [0.4, 0.5) is 0 Å². The van der Waals surface area contributed by atoms with Gasteiger partial charge in [-0.3, -0.25) is 14.4 Å². The van der Waals surface area contributed by atoms with Crippen LogP contribution in [0.25, 0.3) is 0 Å². The zero-order valence-corrected chi connectivity index (χ0v) is 21.8. The van der Waals surface area contributed by atoms with Crippen LogP contribution in [-0.2, 0) is 19.2 Å². The van der Waals surface area contributed by atoms with Crippen molar-refractivity contribution in [1.29, 1.82) is 0 Å². The van der Waals surface area contributed by atoms with Gasteiger partial charge in [0, 0.05) is 0 Å². The molecule has 0 aromatic heterocycles. The van der Waals surface area contributed by atoms with Crippen LogP contribution >= 0.6 is 0 Å². The number of carbonyl (C=O) groups excluding carboxylic acids is 3. The lowest BCUT2D eigenvalue weighted by Crippen LogP contribution is -2.58. The van der Waals surface area contributed by atoms with Gasteiger partial charge in [-0.05, 0) is 63.5 Å². The van der Waals surface area contributed by atoms with Crippen molar-refractivity contribution in [3.8, 4) is 0 Å². The summed E-state index contributed by atoms with van der Waals surface area (Å²) in [6.07, 6.45) is 4.31. The van der Waals surface area contributed by atoms with Gasteiger partial charge in [0.05, 0.1) is 6.04 Å². The summed E-state index contributed by atoms with van der Waals surface area (Å²) in [5.74, 6) is -2.81. The number of carboxylic acids is 1. The Morgan fingerprint density at radius 1 is 0.771 bits per heavy atom. The molecule has 0 aromatic rings. The summed E-state index contributed by atoms with van der Waals surface area (Å²) in [5.41, 5.74) is 16.9. The molecule has 35 heavy (non-hydrogen) atoms. The van der Waals surface area contributed by atoms with Crippen LogP contribution in [-0.4, -0.2) is 66.1 Å². The average Bonchev–Trinajstić information content (AvgIpc) is 2.80. The van der Waals surface area contributed by atoms with Gasteiger partial charge < -0.3 is 38.3 Å². The van der Waals surface area contributed by atoms with Gasteiger partial charge >= 0.3 is 5.97 Å². The predicted octanol–water partition coefficient (Wildman–Crippen LogP) is 0.203. The molecular weight excluding hydrogens is 452 g/mol.